The minimum atomic E-state index is -0.0758. The van der Waals surface area contributed by atoms with Crippen LogP contribution in [-0.4, -0.2) is 44.8 Å². The molecular formula is C23H29NO5. The highest BCUT2D eigenvalue weighted by atomic mass is 16.5. The lowest BCUT2D eigenvalue weighted by atomic mass is 9.92. The molecule has 0 aromatic heterocycles. The second-order valence-electron chi connectivity index (χ2n) is 6.86. The first kappa shape index (κ1) is 20.8. The number of fused-ring (bicyclic) bond motifs is 1. The van der Waals surface area contributed by atoms with Gasteiger partial charge in [-0.15, -0.1) is 0 Å². The van der Waals surface area contributed by atoms with Crippen molar-refractivity contribution in [2.75, 3.05) is 34.0 Å². The van der Waals surface area contributed by atoms with E-state index in [4.69, 9.17) is 18.9 Å². The van der Waals surface area contributed by atoms with Crippen molar-refractivity contribution in [1.82, 2.24) is 4.90 Å². The summed E-state index contributed by atoms with van der Waals surface area (Å²) < 4.78 is 22.2. The zero-order valence-electron chi connectivity index (χ0n) is 17.8. The molecule has 0 radical (unpaired) electrons. The topological polar surface area (TPSA) is 57.2 Å². The van der Waals surface area contributed by atoms with Crippen molar-refractivity contribution in [3.8, 4) is 23.0 Å². The first-order valence-corrected chi connectivity index (χ1v) is 9.99. The molecule has 29 heavy (non-hydrogen) atoms. The molecule has 6 heteroatoms. The van der Waals surface area contributed by atoms with Crippen LogP contribution >= 0.6 is 0 Å². The number of carbonyl (C=O) groups excluding carboxylic acids is 1. The van der Waals surface area contributed by atoms with Crippen molar-refractivity contribution in [3.63, 3.8) is 0 Å². The number of rotatable bonds is 7. The quantitative estimate of drug-likeness (QED) is 0.696. The van der Waals surface area contributed by atoms with Crippen LogP contribution in [0.3, 0.4) is 0 Å². The fraction of sp³-hybridized carbons (Fsp3) is 0.435. The van der Waals surface area contributed by atoms with Crippen LogP contribution in [0.4, 0.5) is 0 Å². The molecule has 0 spiro atoms. The molecule has 1 amide bonds. The lowest BCUT2D eigenvalue weighted by molar-refractivity contribution is 0.0676. The van der Waals surface area contributed by atoms with Crippen LogP contribution in [0.25, 0.3) is 0 Å². The molecule has 1 aliphatic heterocycles. The lowest BCUT2D eigenvalue weighted by Gasteiger charge is -2.36. The number of carbonyl (C=O) groups is 1. The first-order chi connectivity index (χ1) is 14.0. The van der Waals surface area contributed by atoms with Gasteiger partial charge in [-0.2, -0.15) is 0 Å². The maximum Gasteiger partial charge on any atom is 0.254 e. The van der Waals surface area contributed by atoms with Crippen LogP contribution in [-0.2, 0) is 6.42 Å². The summed E-state index contributed by atoms with van der Waals surface area (Å²) in [5, 5.41) is 0. The Morgan fingerprint density at radius 3 is 2.28 bits per heavy atom. The van der Waals surface area contributed by atoms with Gasteiger partial charge < -0.3 is 23.8 Å². The van der Waals surface area contributed by atoms with Gasteiger partial charge in [0.15, 0.2) is 23.0 Å². The van der Waals surface area contributed by atoms with Crippen LogP contribution in [0, 0.1) is 0 Å². The Morgan fingerprint density at radius 1 is 0.966 bits per heavy atom. The van der Waals surface area contributed by atoms with E-state index in [9.17, 15) is 4.79 Å². The van der Waals surface area contributed by atoms with E-state index in [1.54, 1.807) is 32.4 Å². The lowest BCUT2D eigenvalue weighted by Crippen LogP contribution is -2.38. The molecule has 0 N–H and O–H groups in total. The highest BCUT2D eigenvalue weighted by Crippen LogP contribution is 2.39. The number of nitrogens with zero attached hydrogens (tertiary/aromatic N) is 1. The minimum Gasteiger partial charge on any atom is -0.493 e. The van der Waals surface area contributed by atoms with E-state index < -0.39 is 0 Å². The molecular weight excluding hydrogens is 370 g/mol. The van der Waals surface area contributed by atoms with Crippen molar-refractivity contribution in [2.24, 2.45) is 0 Å². The fourth-order valence-electron chi connectivity index (χ4n) is 3.77. The Hall–Kier alpha value is -2.89. The maximum absolute atomic E-state index is 13.3. The molecule has 0 saturated carbocycles. The molecule has 6 nitrogen and oxygen atoms in total. The zero-order valence-corrected chi connectivity index (χ0v) is 17.8. The van der Waals surface area contributed by atoms with E-state index in [0.29, 0.717) is 48.3 Å². The van der Waals surface area contributed by atoms with Crippen molar-refractivity contribution in [2.45, 2.75) is 33.2 Å². The van der Waals surface area contributed by atoms with E-state index in [1.165, 1.54) is 5.56 Å². The summed E-state index contributed by atoms with van der Waals surface area (Å²) in [4.78, 5) is 15.2. The molecule has 1 aliphatic rings. The second-order valence-corrected chi connectivity index (χ2v) is 6.86. The highest BCUT2D eigenvalue weighted by Gasteiger charge is 2.30. The monoisotopic (exact) mass is 399 g/mol. The third-order valence-corrected chi connectivity index (χ3v) is 5.24. The molecule has 0 fully saturated rings. The standard InChI is InChI=1S/C23H29NO5/c1-6-28-19-9-8-17(13-22(19)29-7-2)23(25)24-11-10-16-12-20(26-4)21(27-5)14-18(16)15(24)3/h8-9,12-15H,6-7,10-11H2,1-5H3/t15-/m0/s1. The van der Waals surface area contributed by atoms with Crippen LogP contribution in [0.5, 0.6) is 23.0 Å². The van der Waals surface area contributed by atoms with Crippen molar-refractivity contribution in [1.29, 1.82) is 0 Å². The summed E-state index contributed by atoms with van der Waals surface area (Å²) in [7, 11) is 3.25. The Labute approximate surface area is 172 Å². The van der Waals surface area contributed by atoms with Crippen LogP contribution in [0.1, 0.15) is 48.3 Å². The summed E-state index contributed by atoms with van der Waals surface area (Å²) in [6.45, 7) is 7.56. The van der Waals surface area contributed by atoms with Crippen LogP contribution in [0.2, 0.25) is 0 Å². The highest BCUT2D eigenvalue weighted by molar-refractivity contribution is 5.95. The number of hydrogen-bond donors (Lipinski definition) is 0. The Morgan fingerprint density at radius 2 is 1.62 bits per heavy atom. The minimum absolute atomic E-state index is 0.0260. The largest absolute Gasteiger partial charge is 0.493 e. The number of methoxy groups -OCH3 is 2. The first-order valence-electron chi connectivity index (χ1n) is 9.99. The Balaban J connectivity index is 1.90. The smallest absolute Gasteiger partial charge is 0.254 e. The molecule has 1 heterocycles. The molecule has 0 saturated heterocycles. The van der Waals surface area contributed by atoms with E-state index >= 15 is 0 Å². The van der Waals surface area contributed by atoms with E-state index in [2.05, 4.69) is 0 Å². The van der Waals surface area contributed by atoms with Crippen LogP contribution in [0.15, 0.2) is 30.3 Å². The molecule has 0 aliphatic carbocycles. The van der Waals surface area contributed by atoms with E-state index in [-0.39, 0.29) is 11.9 Å². The Kier molecular flexibility index (Phi) is 6.52. The average molecular weight is 399 g/mol. The van der Waals surface area contributed by atoms with Crippen molar-refractivity contribution >= 4 is 5.91 Å². The SMILES string of the molecule is CCOc1ccc(C(=O)N2CCc3cc(OC)c(OC)cc3[C@@H]2C)cc1OCC. The molecule has 2 aromatic carbocycles. The Bertz CT molecular complexity index is 880. The third-order valence-electron chi connectivity index (χ3n) is 5.24. The third kappa shape index (κ3) is 4.11. The normalized spacial score (nSPS) is 15.5. The molecule has 156 valence electrons. The van der Waals surface area contributed by atoms with Gasteiger partial charge >= 0.3 is 0 Å². The molecule has 1 atom stereocenters. The molecule has 0 unspecified atom stereocenters. The molecule has 0 bridgehead atoms. The summed E-state index contributed by atoms with van der Waals surface area (Å²) in [5.74, 6) is 2.61. The van der Waals surface area contributed by atoms with Gasteiger partial charge in [-0.05, 0) is 68.7 Å². The summed E-state index contributed by atoms with van der Waals surface area (Å²) >= 11 is 0. The number of ether oxygens (including phenoxy) is 4. The van der Waals surface area contributed by atoms with Gasteiger partial charge in [0.2, 0.25) is 0 Å². The van der Waals surface area contributed by atoms with Crippen LogP contribution < -0.4 is 18.9 Å². The maximum atomic E-state index is 13.3. The van der Waals surface area contributed by atoms with Gasteiger partial charge in [-0.25, -0.2) is 0 Å². The van der Waals surface area contributed by atoms with E-state index in [0.717, 1.165) is 12.0 Å². The van der Waals surface area contributed by atoms with Gasteiger partial charge in [0.1, 0.15) is 0 Å². The van der Waals surface area contributed by atoms with Gasteiger partial charge in [-0.1, -0.05) is 0 Å². The fourth-order valence-corrected chi connectivity index (χ4v) is 3.77. The van der Waals surface area contributed by atoms with E-state index in [1.807, 2.05) is 37.8 Å². The predicted octanol–water partition coefficient (Wildman–Crippen LogP) is 4.26. The van der Waals surface area contributed by atoms with Gasteiger partial charge in [0, 0.05) is 12.1 Å². The summed E-state index contributed by atoms with van der Waals surface area (Å²) in [5.41, 5.74) is 2.85. The molecule has 3 rings (SSSR count). The van der Waals surface area contributed by atoms with Gasteiger partial charge in [0.05, 0.1) is 33.5 Å². The molecule has 2 aromatic rings. The number of amides is 1. The van der Waals surface area contributed by atoms with Gasteiger partial charge in [0.25, 0.3) is 5.91 Å². The zero-order chi connectivity index (χ0) is 21.0. The summed E-state index contributed by atoms with van der Waals surface area (Å²) in [6.07, 6.45) is 0.765. The predicted molar refractivity (Wildman–Crippen MR) is 111 cm³/mol. The number of benzene rings is 2. The number of hydrogen-bond acceptors (Lipinski definition) is 5. The average Bonchev–Trinajstić information content (AvgIpc) is 2.74. The second kappa shape index (κ2) is 9.07. The van der Waals surface area contributed by atoms with Crippen molar-refractivity contribution < 1.29 is 23.7 Å². The van der Waals surface area contributed by atoms with Gasteiger partial charge in [-0.3, -0.25) is 4.79 Å². The van der Waals surface area contributed by atoms with Crippen molar-refractivity contribution in [3.05, 3.63) is 47.0 Å². The summed E-state index contributed by atoms with van der Waals surface area (Å²) in [6, 6.07) is 9.28.